The average Bonchev–Trinajstić information content (AvgIpc) is 2.67. The summed E-state index contributed by atoms with van der Waals surface area (Å²) in [6, 6.07) is 21.8. The quantitative estimate of drug-likeness (QED) is 0.325. The van der Waals surface area contributed by atoms with Gasteiger partial charge in [0.05, 0.1) is 24.0 Å². The Hall–Kier alpha value is -3.31. The number of benzene rings is 3. The van der Waals surface area contributed by atoms with Gasteiger partial charge in [-0.3, -0.25) is 0 Å². The van der Waals surface area contributed by atoms with Gasteiger partial charge in [-0.15, -0.1) is 0 Å². The number of hydrazine groups is 1. The van der Waals surface area contributed by atoms with Crippen molar-refractivity contribution in [3.63, 3.8) is 0 Å². The van der Waals surface area contributed by atoms with Crippen LogP contribution in [0.25, 0.3) is 22.3 Å². The van der Waals surface area contributed by atoms with E-state index in [0.717, 1.165) is 22.3 Å². The number of hydrogen-bond acceptors (Lipinski definition) is 5. The molecule has 0 radical (unpaired) electrons. The van der Waals surface area contributed by atoms with E-state index in [4.69, 9.17) is 16.3 Å². The molecular formula is C21H21N3O2. The van der Waals surface area contributed by atoms with Crippen LogP contribution in [-0.2, 0) is 4.74 Å². The summed E-state index contributed by atoms with van der Waals surface area (Å²) in [4.78, 5) is 12.2. The van der Waals surface area contributed by atoms with E-state index in [1.807, 2.05) is 48.5 Å². The summed E-state index contributed by atoms with van der Waals surface area (Å²) >= 11 is 0. The van der Waals surface area contributed by atoms with Crippen LogP contribution in [0.4, 0.5) is 11.4 Å². The molecule has 3 rings (SSSR count). The molecule has 3 aromatic carbocycles. The van der Waals surface area contributed by atoms with Crippen LogP contribution in [0.15, 0.2) is 66.7 Å². The van der Waals surface area contributed by atoms with Gasteiger partial charge < -0.3 is 15.5 Å². The number of ether oxygens (including phenoxy) is 1. The molecule has 0 unspecified atom stereocenters. The van der Waals surface area contributed by atoms with Crippen LogP contribution in [0, 0.1) is 0 Å². The van der Waals surface area contributed by atoms with Crippen LogP contribution < -0.4 is 16.6 Å². The molecule has 0 atom stereocenters. The Morgan fingerprint density at radius 2 is 1.42 bits per heavy atom. The maximum atomic E-state index is 12.2. The SMILES string of the molecule is COC(=O)c1cc(-c2ccc(-c3ccccc3)cc2)cc(N)c1N(C)N. The minimum absolute atomic E-state index is 0.333. The van der Waals surface area contributed by atoms with Gasteiger partial charge in [0.1, 0.15) is 0 Å². The standard InChI is InChI=1S/C21H21N3O2/c1-24(23)20-18(21(25)26-2)12-17(13-19(20)22)16-10-8-15(9-11-16)14-6-4-3-5-7-14/h3-13H,22-23H2,1-2H3. The van der Waals surface area contributed by atoms with Gasteiger partial charge >= 0.3 is 5.97 Å². The van der Waals surface area contributed by atoms with Crippen LogP contribution >= 0.6 is 0 Å². The van der Waals surface area contributed by atoms with Crippen molar-refractivity contribution in [3.05, 3.63) is 72.3 Å². The van der Waals surface area contributed by atoms with E-state index >= 15 is 0 Å². The predicted molar refractivity (Wildman–Crippen MR) is 106 cm³/mol. The highest BCUT2D eigenvalue weighted by molar-refractivity contribution is 6.01. The van der Waals surface area contributed by atoms with Gasteiger partial charge in [-0.25, -0.2) is 10.6 Å². The maximum absolute atomic E-state index is 12.2. The van der Waals surface area contributed by atoms with Crippen molar-refractivity contribution in [2.45, 2.75) is 0 Å². The number of nitrogens with zero attached hydrogens (tertiary/aromatic N) is 1. The first kappa shape index (κ1) is 17.5. The molecule has 0 aliphatic heterocycles. The number of nitrogen functional groups attached to an aromatic ring is 1. The van der Waals surface area contributed by atoms with Gasteiger partial charge in [0.25, 0.3) is 0 Å². The van der Waals surface area contributed by atoms with Crippen molar-refractivity contribution in [1.82, 2.24) is 0 Å². The molecule has 26 heavy (non-hydrogen) atoms. The fourth-order valence-electron chi connectivity index (χ4n) is 2.97. The largest absolute Gasteiger partial charge is 0.465 e. The maximum Gasteiger partial charge on any atom is 0.340 e. The van der Waals surface area contributed by atoms with E-state index in [1.54, 1.807) is 13.1 Å². The first-order valence-corrected chi connectivity index (χ1v) is 8.17. The highest BCUT2D eigenvalue weighted by Crippen LogP contribution is 2.33. The second-order valence-corrected chi connectivity index (χ2v) is 6.01. The lowest BCUT2D eigenvalue weighted by Crippen LogP contribution is -2.28. The summed E-state index contributed by atoms with van der Waals surface area (Å²) in [6.07, 6.45) is 0. The number of carbonyl (C=O) groups excluding carboxylic acids is 1. The van der Waals surface area contributed by atoms with E-state index < -0.39 is 5.97 Å². The number of methoxy groups -OCH3 is 1. The zero-order valence-electron chi connectivity index (χ0n) is 14.8. The minimum Gasteiger partial charge on any atom is -0.465 e. The summed E-state index contributed by atoms with van der Waals surface area (Å²) < 4.78 is 4.87. The van der Waals surface area contributed by atoms with Crippen molar-refractivity contribution in [1.29, 1.82) is 0 Å². The number of anilines is 2. The zero-order valence-corrected chi connectivity index (χ0v) is 14.8. The second kappa shape index (κ2) is 7.29. The monoisotopic (exact) mass is 347 g/mol. The third-order valence-electron chi connectivity index (χ3n) is 4.22. The lowest BCUT2D eigenvalue weighted by molar-refractivity contribution is 0.0601. The van der Waals surface area contributed by atoms with E-state index in [-0.39, 0.29) is 0 Å². The van der Waals surface area contributed by atoms with Gasteiger partial charge in [-0.1, -0.05) is 54.6 Å². The van der Waals surface area contributed by atoms with E-state index in [0.29, 0.717) is 16.9 Å². The molecule has 3 aromatic rings. The van der Waals surface area contributed by atoms with Crippen LogP contribution in [0.1, 0.15) is 10.4 Å². The molecule has 0 spiro atoms. The first-order valence-electron chi connectivity index (χ1n) is 8.17. The first-order chi connectivity index (χ1) is 12.5. The molecule has 0 aromatic heterocycles. The van der Waals surface area contributed by atoms with Crippen molar-refractivity contribution in [2.24, 2.45) is 5.84 Å². The topological polar surface area (TPSA) is 81.6 Å². The lowest BCUT2D eigenvalue weighted by atomic mass is 9.97. The van der Waals surface area contributed by atoms with Crippen molar-refractivity contribution in [2.75, 3.05) is 24.9 Å². The molecule has 0 saturated carbocycles. The average molecular weight is 347 g/mol. The smallest absolute Gasteiger partial charge is 0.340 e. The lowest BCUT2D eigenvalue weighted by Gasteiger charge is -2.19. The van der Waals surface area contributed by atoms with Crippen molar-refractivity contribution >= 4 is 17.3 Å². The Bertz CT molecular complexity index is 920. The summed E-state index contributed by atoms with van der Waals surface area (Å²) in [6.45, 7) is 0. The normalized spacial score (nSPS) is 10.4. The van der Waals surface area contributed by atoms with Crippen molar-refractivity contribution in [3.8, 4) is 22.3 Å². The van der Waals surface area contributed by atoms with Crippen LogP contribution in [-0.4, -0.2) is 20.1 Å². The number of carbonyl (C=O) groups is 1. The van der Waals surface area contributed by atoms with Gasteiger partial charge in [0.15, 0.2) is 0 Å². The molecule has 0 heterocycles. The third kappa shape index (κ3) is 3.38. The fourth-order valence-corrected chi connectivity index (χ4v) is 2.97. The number of nitrogens with two attached hydrogens (primary N) is 2. The molecule has 0 amide bonds. The summed E-state index contributed by atoms with van der Waals surface area (Å²) in [5.74, 6) is 5.35. The van der Waals surface area contributed by atoms with E-state index in [2.05, 4.69) is 12.1 Å². The van der Waals surface area contributed by atoms with Gasteiger partial charge in [-0.2, -0.15) is 0 Å². The summed E-state index contributed by atoms with van der Waals surface area (Å²) in [7, 11) is 2.96. The molecule has 0 bridgehead atoms. The second-order valence-electron chi connectivity index (χ2n) is 6.01. The molecule has 132 valence electrons. The molecule has 5 nitrogen and oxygen atoms in total. The molecule has 0 aliphatic rings. The summed E-state index contributed by atoms with van der Waals surface area (Å²) in [5.41, 5.74) is 11.4. The van der Waals surface area contributed by atoms with E-state index in [9.17, 15) is 4.79 Å². The number of rotatable bonds is 4. The van der Waals surface area contributed by atoms with Gasteiger partial charge in [0.2, 0.25) is 0 Å². The number of hydrogen-bond donors (Lipinski definition) is 2. The number of esters is 1. The highest BCUT2D eigenvalue weighted by Gasteiger charge is 2.18. The minimum atomic E-state index is -0.480. The third-order valence-corrected chi connectivity index (χ3v) is 4.22. The summed E-state index contributed by atoms with van der Waals surface area (Å²) in [5, 5.41) is 1.32. The Kier molecular flexibility index (Phi) is 4.91. The van der Waals surface area contributed by atoms with E-state index in [1.165, 1.54) is 12.1 Å². The molecule has 0 aliphatic carbocycles. The molecule has 0 fully saturated rings. The van der Waals surface area contributed by atoms with Gasteiger partial charge in [-0.05, 0) is 34.4 Å². The molecule has 5 heteroatoms. The Morgan fingerprint density at radius 1 is 0.885 bits per heavy atom. The molecule has 0 saturated heterocycles. The Labute approximate surface area is 152 Å². The molecule has 4 N–H and O–H groups in total. The highest BCUT2D eigenvalue weighted by atomic mass is 16.5. The fraction of sp³-hybridized carbons (Fsp3) is 0.0952. The van der Waals surface area contributed by atoms with Crippen LogP contribution in [0.2, 0.25) is 0 Å². The Balaban J connectivity index is 2.04. The van der Waals surface area contributed by atoms with Crippen LogP contribution in [0.5, 0.6) is 0 Å². The van der Waals surface area contributed by atoms with Gasteiger partial charge in [0, 0.05) is 7.05 Å². The Morgan fingerprint density at radius 3 is 1.96 bits per heavy atom. The predicted octanol–water partition coefficient (Wildman–Crippen LogP) is 3.70. The molecular weight excluding hydrogens is 326 g/mol. The zero-order chi connectivity index (χ0) is 18.7. The van der Waals surface area contributed by atoms with Crippen LogP contribution in [0.3, 0.4) is 0 Å². The van der Waals surface area contributed by atoms with Crippen molar-refractivity contribution < 1.29 is 9.53 Å².